The minimum Gasteiger partial charge on any atom is -0.347 e. The number of fused-ring (bicyclic) bond motifs is 1. The lowest BCUT2D eigenvalue weighted by Gasteiger charge is -2.12. The standard InChI is InChI=1S/C14H14ClF2N/c15-12-2-1-11-4-6-18(13(11)7-12)9-10-3-5-14(16,17)8-10/h1-2,4,6-7,10H,3,5,8-9H2. The van der Waals surface area contributed by atoms with Crippen LogP contribution in [0.5, 0.6) is 0 Å². The van der Waals surface area contributed by atoms with Crippen molar-refractivity contribution in [3.63, 3.8) is 0 Å². The molecule has 1 aromatic carbocycles. The number of hydrogen-bond donors (Lipinski definition) is 0. The van der Waals surface area contributed by atoms with Crippen LogP contribution in [0.3, 0.4) is 0 Å². The number of halogens is 3. The molecule has 0 N–H and O–H groups in total. The second kappa shape index (κ2) is 4.23. The van der Waals surface area contributed by atoms with E-state index in [9.17, 15) is 8.78 Å². The molecule has 4 heteroatoms. The van der Waals surface area contributed by atoms with Crippen LogP contribution in [0.15, 0.2) is 30.5 Å². The molecule has 0 radical (unpaired) electrons. The molecule has 0 aliphatic heterocycles. The first kappa shape index (κ1) is 12.0. The molecule has 0 bridgehead atoms. The Labute approximate surface area is 109 Å². The molecule has 1 heterocycles. The van der Waals surface area contributed by atoms with Crippen LogP contribution in [0, 0.1) is 5.92 Å². The van der Waals surface area contributed by atoms with E-state index in [2.05, 4.69) is 0 Å². The van der Waals surface area contributed by atoms with Gasteiger partial charge in [-0.25, -0.2) is 8.78 Å². The Kier molecular flexibility index (Phi) is 2.81. The van der Waals surface area contributed by atoms with E-state index < -0.39 is 5.92 Å². The Hall–Kier alpha value is -1.09. The van der Waals surface area contributed by atoms with Crippen molar-refractivity contribution in [3.05, 3.63) is 35.5 Å². The van der Waals surface area contributed by atoms with Gasteiger partial charge in [0.15, 0.2) is 0 Å². The van der Waals surface area contributed by atoms with Crippen LogP contribution in [0.4, 0.5) is 8.78 Å². The van der Waals surface area contributed by atoms with E-state index in [1.807, 2.05) is 35.0 Å². The zero-order valence-electron chi connectivity index (χ0n) is 9.87. The monoisotopic (exact) mass is 269 g/mol. The molecule has 0 spiro atoms. The lowest BCUT2D eigenvalue weighted by Crippen LogP contribution is -2.12. The van der Waals surface area contributed by atoms with Gasteiger partial charge in [0.1, 0.15) is 0 Å². The van der Waals surface area contributed by atoms with Gasteiger partial charge in [0.25, 0.3) is 0 Å². The van der Waals surface area contributed by atoms with Crippen LogP contribution in [-0.2, 0) is 6.54 Å². The van der Waals surface area contributed by atoms with Gasteiger partial charge in [-0.1, -0.05) is 17.7 Å². The van der Waals surface area contributed by atoms with E-state index >= 15 is 0 Å². The van der Waals surface area contributed by atoms with Crippen LogP contribution in [0.2, 0.25) is 5.02 Å². The lowest BCUT2D eigenvalue weighted by atomic mass is 10.1. The molecule has 96 valence electrons. The fourth-order valence-electron chi connectivity index (χ4n) is 2.79. The molecule has 1 aliphatic carbocycles. The first-order chi connectivity index (χ1) is 8.53. The Morgan fingerprint density at radius 1 is 1.33 bits per heavy atom. The number of alkyl halides is 2. The molecular weight excluding hydrogens is 256 g/mol. The van der Waals surface area contributed by atoms with Gasteiger partial charge in [-0.3, -0.25) is 0 Å². The highest BCUT2D eigenvalue weighted by molar-refractivity contribution is 6.31. The third-order valence-corrected chi connectivity index (χ3v) is 3.93. The summed E-state index contributed by atoms with van der Waals surface area (Å²) in [5.74, 6) is -2.40. The second-order valence-electron chi connectivity index (χ2n) is 5.14. The first-order valence-corrected chi connectivity index (χ1v) is 6.53. The highest BCUT2D eigenvalue weighted by Crippen LogP contribution is 2.39. The van der Waals surface area contributed by atoms with Crippen molar-refractivity contribution in [2.75, 3.05) is 0 Å². The largest absolute Gasteiger partial charge is 0.347 e. The van der Waals surface area contributed by atoms with Gasteiger partial charge in [-0.05, 0) is 35.9 Å². The summed E-state index contributed by atoms with van der Waals surface area (Å²) in [5, 5.41) is 1.78. The highest BCUT2D eigenvalue weighted by Gasteiger charge is 2.39. The molecule has 0 amide bonds. The normalized spacial score (nSPS) is 22.7. The average molecular weight is 270 g/mol. The summed E-state index contributed by atoms with van der Waals surface area (Å²) < 4.78 is 28.4. The average Bonchev–Trinajstić information content (AvgIpc) is 2.84. The van der Waals surface area contributed by atoms with Gasteiger partial charge in [0, 0.05) is 36.1 Å². The third-order valence-electron chi connectivity index (χ3n) is 3.70. The molecule has 1 aliphatic rings. The summed E-state index contributed by atoms with van der Waals surface area (Å²) in [6, 6.07) is 7.69. The first-order valence-electron chi connectivity index (χ1n) is 6.16. The van der Waals surface area contributed by atoms with E-state index in [0.29, 0.717) is 18.0 Å². The van der Waals surface area contributed by atoms with E-state index in [1.165, 1.54) is 0 Å². The summed E-state index contributed by atoms with van der Waals surface area (Å²) in [7, 11) is 0. The van der Waals surface area contributed by atoms with Gasteiger partial charge in [0.2, 0.25) is 5.92 Å². The quantitative estimate of drug-likeness (QED) is 0.743. The van der Waals surface area contributed by atoms with Gasteiger partial charge in [-0.15, -0.1) is 0 Å². The zero-order valence-corrected chi connectivity index (χ0v) is 10.6. The number of rotatable bonds is 2. The number of benzene rings is 1. The molecule has 2 aromatic rings. The van der Waals surface area contributed by atoms with E-state index in [4.69, 9.17) is 11.6 Å². The summed E-state index contributed by atoms with van der Waals surface area (Å²) >= 11 is 5.98. The Balaban J connectivity index is 1.85. The molecule has 18 heavy (non-hydrogen) atoms. The Morgan fingerprint density at radius 2 is 2.17 bits per heavy atom. The van der Waals surface area contributed by atoms with Crippen LogP contribution in [0.1, 0.15) is 19.3 Å². The maximum atomic E-state index is 13.2. The van der Waals surface area contributed by atoms with Crippen LogP contribution >= 0.6 is 11.6 Å². The van der Waals surface area contributed by atoms with Gasteiger partial charge in [0.05, 0.1) is 0 Å². The topological polar surface area (TPSA) is 4.93 Å². The van der Waals surface area contributed by atoms with Gasteiger partial charge < -0.3 is 4.57 Å². The van der Waals surface area contributed by atoms with E-state index in [1.54, 1.807) is 0 Å². The summed E-state index contributed by atoms with van der Waals surface area (Å²) in [4.78, 5) is 0. The molecule has 1 nitrogen and oxygen atoms in total. The lowest BCUT2D eigenvalue weighted by molar-refractivity contribution is 0.00441. The maximum Gasteiger partial charge on any atom is 0.248 e. The number of nitrogens with zero attached hydrogens (tertiary/aromatic N) is 1. The van der Waals surface area contributed by atoms with Crippen LogP contribution < -0.4 is 0 Å². The van der Waals surface area contributed by atoms with Crippen molar-refractivity contribution in [3.8, 4) is 0 Å². The minimum absolute atomic E-state index is 0.00718. The molecule has 1 saturated carbocycles. The number of hydrogen-bond acceptors (Lipinski definition) is 0. The molecule has 1 fully saturated rings. The molecular formula is C14H14ClF2N. The third kappa shape index (κ3) is 2.24. The SMILES string of the molecule is FC1(F)CCC(Cn2ccc3ccc(Cl)cc32)C1. The maximum absolute atomic E-state index is 13.2. The predicted molar refractivity (Wildman–Crippen MR) is 69.2 cm³/mol. The van der Waals surface area contributed by atoms with Gasteiger partial charge >= 0.3 is 0 Å². The van der Waals surface area contributed by atoms with Crippen LogP contribution in [0.25, 0.3) is 10.9 Å². The van der Waals surface area contributed by atoms with Crippen molar-refractivity contribution in [1.82, 2.24) is 4.57 Å². The van der Waals surface area contributed by atoms with Crippen molar-refractivity contribution >= 4 is 22.5 Å². The van der Waals surface area contributed by atoms with E-state index in [-0.39, 0.29) is 18.8 Å². The summed E-state index contributed by atoms with van der Waals surface area (Å²) in [6.45, 7) is 0.652. The molecule has 3 rings (SSSR count). The summed E-state index contributed by atoms with van der Waals surface area (Å²) in [6.07, 6.45) is 2.59. The Morgan fingerprint density at radius 3 is 2.89 bits per heavy atom. The minimum atomic E-state index is -2.47. The molecule has 1 atom stereocenters. The molecule has 1 unspecified atom stereocenters. The fraction of sp³-hybridized carbons (Fsp3) is 0.429. The smallest absolute Gasteiger partial charge is 0.248 e. The Bertz CT molecular complexity index is 576. The zero-order chi connectivity index (χ0) is 12.8. The van der Waals surface area contributed by atoms with Crippen molar-refractivity contribution in [2.45, 2.75) is 31.7 Å². The van der Waals surface area contributed by atoms with Gasteiger partial charge in [-0.2, -0.15) is 0 Å². The van der Waals surface area contributed by atoms with Crippen LogP contribution in [-0.4, -0.2) is 10.5 Å². The molecule has 0 saturated heterocycles. The highest BCUT2D eigenvalue weighted by atomic mass is 35.5. The van der Waals surface area contributed by atoms with Crippen molar-refractivity contribution in [2.24, 2.45) is 5.92 Å². The van der Waals surface area contributed by atoms with Crippen molar-refractivity contribution in [1.29, 1.82) is 0 Å². The fourth-order valence-corrected chi connectivity index (χ4v) is 2.96. The number of aromatic nitrogens is 1. The molecule has 1 aromatic heterocycles. The predicted octanol–water partition coefficient (Wildman–Crippen LogP) is 4.73. The van der Waals surface area contributed by atoms with E-state index in [0.717, 1.165) is 10.9 Å². The summed E-state index contributed by atoms with van der Waals surface area (Å²) in [5.41, 5.74) is 1.03. The van der Waals surface area contributed by atoms with Crippen molar-refractivity contribution < 1.29 is 8.78 Å². The second-order valence-corrected chi connectivity index (χ2v) is 5.57.